The van der Waals surface area contributed by atoms with Gasteiger partial charge in [0.2, 0.25) is 0 Å². The van der Waals surface area contributed by atoms with Crippen LogP contribution in [-0.4, -0.2) is 17.5 Å². The van der Waals surface area contributed by atoms with Crippen molar-refractivity contribution in [2.75, 3.05) is 6.54 Å². The molecule has 1 aromatic rings. The van der Waals surface area contributed by atoms with Gasteiger partial charge in [-0.2, -0.15) is 0 Å². The molecule has 1 aromatic carbocycles. The van der Waals surface area contributed by atoms with Crippen molar-refractivity contribution >= 4 is 0 Å². The van der Waals surface area contributed by atoms with Gasteiger partial charge in [-0.15, -0.1) is 0 Å². The topological polar surface area (TPSA) is 3.01 Å². The highest BCUT2D eigenvalue weighted by Gasteiger charge is 2.37. The quantitative estimate of drug-likeness (QED) is 0.677. The van der Waals surface area contributed by atoms with Crippen LogP contribution in [0.2, 0.25) is 0 Å². The van der Waals surface area contributed by atoms with Crippen LogP contribution in [0.1, 0.15) is 38.8 Å². The second-order valence-corrected chi connectivity index (χ2v) is 5.07. The van der Waals surface area contributed by atoms with E-state index >= 15 is 0 Å². The number of rotatable bonds is 4. The number of benzene rings is 1. The average Bonchev–Trinajstić information content (AvgIpc) is 2.96. The van der Waals surface area contributed by atoms with Crippen molar-refractivity contribution in [3.05, 3.63) is 35.9 Å². The van der Waals surface area contributed by atoms with Crippen molar-refractivity contribution in [2.45, 2.75) is 39.3 Å². The van der Waals surface area contributed by atoms with E-state index < -0.39 is 0 Å². The van der Waals surface area contributed by atoms with Crippen molar-refractivity contribution in [1.29, 1.82) is 0 Å². The first-order valence-corrected chi connectivity index (χ1v) is 5.99. The molecular weight excluding hydrogens is 182 g/mol. The first-order valence-electron chi connectivity index (χ1n) is 5.99. The van der Waals surface area contributed by atoms with E-state index in [0.717, 1.165) is 12.0 Å². The first kappa shape index (κ1) is 10.7. The Bertz CT molecular complexity index is 304. The molecular formula is C14H21N. The van der Waals surface area contributed by atoms with E-state index in [9.17, 15) is 0 Å². The van der Waals surface area contributed by atoms with Gasteiger partial charge >= 0.3 is 0 Å². The zero-order valence-electron chi connectivity index (χ0n) is 9.98. The van der Waals surface area contributed by atoms with Crippen LogP contribution in [0, 0.1) is 5.92 Å². The molecule has 1 aliphatic rings. The minimum absolute atomic E-state index is 0.593. The molecule has 1 heterocycles. The van der Waals surface area contributed by atoms with E-state index in [2.05, 4.69) is 56.0 Å². The third-order valence-corrected chi connectivity index (χ3v) is 3.28. The second-order valence-electron chi connectivity index (χ2n) is 5.07. The summed E-state index contributed by atoms with van der Waals surface area (Å²) >= 11 is 0. The van der Waals surface area contributed by atoms with Crippen molar-refractivity contribution in [3.8, 4) is 0 Å². The highest BCUT2D eigenvalue weighted by Crippen LogP contribution is 2.34. The molecule has 1 unspecified atom stereocenters. The Hall–Kier alpha value is -0.820. The summed E-state index contributed by atoms with van der Waals surface area (Å²) < 4.78 is 0. The van der Waals surface area contributed by atoms with Crippen LogP contribution >= 0.6 is 0 Å². The highest BCUT2D eigenvalue weighted by molar-refractivity contribution is 5.20. The van der Waals surface area contributed by atoms with Crippen LogP contribution in [0.25, 0.3) is 0 Å². The van der Waals surface area contributed by atoms with E-state index in [1.807, 2.05) is 0 Å². The average molecular weight is 203 g/mol. The molecule has 0 aliphatic carbocycles. The van der Waals surface area contributed by atoms with Gasteiger partial charge in [0.25, 0.3) is 0 Å². The summed E-state index contributed by atoms with van der Waals surface area (Å²) in [6.45, 7) is 8.22. The Morgan fingerprint density at radius 1 is 1.20 bits per heavy atom. The summed E-state index contributed by atoms with van der Waals surface area (Å²) in [6.07, 6.45) is 1.34. The molecule has 15 heavy (non-hydrogen) atoms. The number of hydrogen-bond acceptors (Lipinski definition) is 1. The largest absolute Gasteiger partial charge is 0.291 e. The third-order valence-electron chi connectivity index (χ3n) is 3.28. The zero-order chi connectivity index (χ0) is 10.8. The van der Waals surface area contributed by atoms with Gasteiger partial charge in [0.1, 0.15) is 0 Å². The van der Waals surface area contributed by atoms with Gasteiger partial charge in [-0.05, 0) is 24.8 Å². The maximum absolute atomic E-state index is 2.59. The van der Waals surface area contributed by atoms with Gasteiger partial charge < -0.3 is 0 Å². The maximum atomic E-state index is 2.59. The second kappa shape index (κ2) is 4.36. The van der Waals surface area contributed by atoms with Crippen LogP contribution in [0.3, 0.4) is 0 Å². The van der Waals surface area contributed by atoms with Crippen LogP contribution < -0.4 is 0 Å². The molecule has 1 heteroatoms. The van der Waals surface area contributed by atoms with Crippen LogP contribution in [0.4, 0.5) is 0 Å². The summed E-state index contributed by atoms with van der Waals surface area (Å²) in [5, 5.41) is 0. The lowest BCUT2D eigenvalue weighted by atomic mass is 10.1. The standard InChI is InChI=1S/C14H21N/c1-11(2)9-14-10-15(14)12(3)13-7-5-4-6-8-13/h4-8,11-12,14H,9-10H2,1-3H3/t12-,14+,15?/m0/s1. The molecule has 0 aromatic heterocycles. The Morgan fingerprint density at radius 2 is 1.87 bits per heavy atom. The fourth-order valence-electron chi connectivity index (χ4n) is 2.35. The Morgan fingerprint density at radius 3 is 2.47 bits per heavy atom. The molecule has 1 saturated heterocycles. The predicted molar refractivity (Wildman–Crippen MR) is 64.8 cm³/mol. The molecule has 1 fully saturated rings. The molecule has 1 nitrogen and oxygen atoms in total. The lowest BCUT2D eigenvalue weighted by Crippen LogP contribution is -2.09. The molecule has 0 amide bonds. The summed E-state index contributed by atoms with van der Waals surface area (Å²) in [4.78, 5) is 2.59. The Kier molecular flexibility index (Phi) is 3.11. The van der Waals surface area contributed by atoms with Crippen LogP contribution in [0.15, 0.2) is 30.3 Å². The minimum atomic E-state index is 0.593. The number of hydrogen-bond donors (Lipinski definition) is 0. The molecule has 2 rings (SSSR count). The molecule has 3 atom stereocenters. The molecule has 0 radical (unpaired) electrons. The molecule has 0 N–H and O–H groups in total. The minimum Gasteiger partial charge on any atom is -0.291 e. The van der Waals surface area contributed by atoms with E-state index in [1.54, 1.807) is 0 Å². The summed E-state index contributed by atoms with van der Waals surface area (Å²) in [5.74, 6) is 0.822. The Labute approximate surface area is 93.1 Å². The monoisotopic (exact) mass is 203 g/mol. The summed E-state index contributed by atoms with van der Waals surface area (Å²) in [5.41, 5.74) is 1.45. The maximum Gasteiger partial charge on any atom is 0.0324 e. The smallest absolute Gasteiger partial charge is 0.0324 e. The molecule has 82 valence electrons. The fraction of sp³-hybridized carbons (Fsp3) is 0.571. The first-order chi connectivity index (χ1) is 7.18. The molecule has 0 bridgehead atoms. The van der Waals surface area contributed by atoms with Crippen molar-refractivity contribution < 1.29 is 0 Å². The van der Waals surface area contributed by atoms with Crippen molar-refractivity contribution in [1.82, 2.24) is 4.90 Å². The van der Waals surface area contributed by atoms with Gasteiger partial charge in [-0.25, -0.2) is 0 Å². The lowest BCUT2D eigenvalue weighted by molar-refractivity contribution is 0.380. The van der Waals surface area contributed by atoms with E-state index in [4.69, 9.17) is 0 Å². The number of nitrogens with zero attached hydrogens (tertiary/aromatic N) is 1. The SMILES string of the molecule is CC(C)C[C@@H]1CN1[C@@H](C)c1ccccc1. The van der Waals surface area contributed by atoms with Gasteiger partial charge in [0.05, 0.1) is 0 Å². The normalized spacial score (nSPS) is 26.7. The predicted octanol–water partition coefficient (Wildman–Crippen LogP) is 3.48. The third kappa shape index (κ3) is 2.60. The summed E-state index contributed by atoms with van der Waals surface area (Å²) in [6, 6.07) is 12.2. The van der Waals surface area contributed by atoms with Crippen LogP contribution in [0.5, 0.6) is 0 Å². The van der Waals surface area contributed by atoms with Crippen molar-refractivity contribution in [3.63, 3.8) is 0 Å². The lowest BCUT2D eigenvalue weighted by Gasteiger charge is -2.15. The van der Waals surface area contributed by atoms with Crippen LogP contribution in [-0.2, 0) is 0 Å². The molecule has 0 saturated carbocycles. The Balaban J connectivity index is 1.92. The molecule has 0 spiro atoms. The zero-order valence-corrected chi connectivity index (χ0v) is 9.98. The van der Waals surface area contributed by atoms with E-state index in [1.165, 1.54) is 18.5 Å². The van der Waals surface area contributed by atoms with Gasteiger partial charge in [-0.1, -0.05) is 44.2 Å². The fourth-order valence-corrected chi connectivity index (χ4v) is 2.35. The van der Waals surface area contributed by atoms with Crippen molar-refractivity contribution in [2.24, 2.45) is 5.92 Å². The van der Waals surface area contributed by atoms with E-state index in [-0.39, 0.29) is 0 Å². The summed E-state index contributed by atoms with van der Waals surface area (Å²) in [7, 11) is 0. The van der Waals surface area contributed by atoms with Gasteiger partial charge in [-0.3, -0.25) is 4.90 Å². The van der Waals surface area contributed by atoms with Gasteiger partial charge in [0, 0.05) is 18.6 Å². The molecule has 1 aliphatic heterocycles. The van der Waals surface area contributed by atoms with E-state index in [0.29, 0.717) is 6.04 Å². The van der Waals surface area contributed by atoms with Gasteiger partial charge in [0.15, 0.2) is 0 Å². The highest BCUT2D eigenvalue weighted by atomic mass is 15.3.